The van der Waals surface area contributed by atoms with Gasteiger partial charge in [-0.2, -0.15) is 0 Å². The summed E-state index contributed by atoms with van der Waals surface area (Å²) < 4.78 is 0. The highest BCUT2D eigenvalue weighted by atomic mass is 14.7. The van der Waals surface area contributed by atoms with Gasteiger partial charge in [-0.1, -0.05) is 13.0 Å². The van der Waals surface area contributed by atoms with Crippen molar-refractivity contribution in [2.24, 2.45) is 11.7 Å². The molecule has 1 aromatic heterocycles. The van der Waals surface area contributed by atoms with E-state index in [1.165, 1.54) is 17.7 Å². The Kier molecular flexibility index (Phi) is 2.32. The molecule has 2 unspecified atom stereocenters. The summed E-state index contributed by atoms with van der Waals surface area (Å²) >= 11 is 0. The normalized spacial score (nSPS) is 26.9. The molecule has 2 N–H and O–H groups in total. The van der Waals surface area contributed by atoms with Crippen molar-refractivity contribution in [3.8, 4) is 0 Å². The minimum Gasteiger partial charge on any atom is -0.330 e. The Labute approximate surface area is 79.2 Å². The summed E-state index contributed by atoms with van der Waals surface area (Å²) in [5, 5.41) is 0. The van der Waals surface area contributed by atoms with Crippen LogP contribution in [0.1, 0.15) is 30.5 Å². The predicted octanol–water partition coefficient (Wildman–Crippen LogP) is 1.71. The molecule has 0 fully saturated rings. The second-order valence-corrected chi connectivity index (χ2v) is 3.90. The van der Waals surface area contributed by atoms with Crippen molar-refractivity contribution in [3.05, 3.63) is 29.6 Å². The highest BCUT2D eigenvalue weighted by Crippen LogP contribution is 2.33. The van der Waals surface area contributed by atoms with E-state index in [0.717, 1.165) is 13.0 Å². The predicted molar refractivity (Wildman–Crippen MR) is 53.5 cm³/mol. The Morgan fingerprint density at radius 3 is 3.23 bits per heavy atom. The minimum atomic E-state index is 0.525. The smallest absolute Gasteiger partial charge is 0.0439 e. The van der Waals surface area contributed by atoms with Crippen LogP contribution >= 0.6 is 0 Å². The van der Waals surface area contributed by atoms with Crippen molar-refractivity contribution < 1.29 is 0 Å². The third-order valence-electron chi connectivity index (χ3n) is 3.10. The van der Waals surface area contributed by atoms with Crippen molar-refractivity contribution in [3.63, 3.8) is 0 Å². The SMILES string of the molecule is CC1CCc2ncccc2C1CN. The van der Waals surface area contributed by atoms with E-state index in [2.05, 4.69) is 18.0 Å². The van der Waals surface area contributed by atoms with Gasteiger partial charge in [-0.25, -0.2) is 0 Å². The largest absolute Gasteiger partial charge is 0.330 e. The molecule has 0 radical (unpaired) electrons. The number of fused-ring (bicyclic) bond motifs is 1. The Hall–Kier alpha value is -0.890. The molecule has 0 saturated carbocycles. The highest BCUT2D eigenvalue weighted by Gasteiger charge is 2.25. The molecule has 1 aromatic rings. The van der Waals surface area contributed by atoms with E-state index in [9.17, 15) is 0 Å². The van der Waals surface area contributed by atoms with Gasteiger partial charge < -0.3 is 5.73 Å². The van der Waals surface area contributed by atoms with Crippen LogP contribution in [0.2, 0.25) is 0 Å². The van der Waals surface area contributed by atoms with Gasteiger partial charge in [0, 0.05) is 17.8 Å². The van der Waals surface area contributed by atoms with Crippen LogP contribution in [0, 0.1) is 5.92 Å². The summed E-state index contributed by atoms with van der Waals surface area (Å²) in [6.45, 7) is 3.04. The summed E-state index contributed by atoms with van der Waals surface area (Å²) in [5.41, 5.74) is 8.42. The van der Waals surface area contributed by atoms with Crippen LogP contribution in [0.25, 0.3) is 0 Å². The molecule has 1 aliphatic rings. The molecule has 2 atom stereocenters. The lowest BCUT2D eigenvalue weighted by Gasteiger charge is -2.29. The van der Waals surface area contributed by atoms with Crippen LogP contribution in [-0.4, -0.2) is 11.5 Å². The molecular formula is C11H16N2. The van der Waals surface area contributed by atoms with Crippen molar-refractivity contribution >= 4 is 0 Å². The van der Waals surface area contributed by atoms with E-state index < -0.39 is 0 Å². The molecular weight excluding hydrogens is 160 g/mol. The first-order valence-electron chi connectivity index (χ1n) is 4.96. The van der Waals surface area contributed by atoms with Crippen LogP contribution in [0.15, 0.2) is 18.3 Å². The van der Waals surface area contributed by atoms with E-state index in [4.69, 9.17) is 5.73 Å². The lowest BCUT2D eigenvalue weighted by molar-refractivity contribution is 0.404. The third-order valence-corrected chi connectivity index (χ3v) is 3.10. The quantitative estimate of drug-likeness (QED) is 0.707. The molecule has 0 aromatic carbocycles. The first-order chi connectivity index (χ1) is 6.33. The zero-order valence-corrected chi connectivity index (χ0v) is 8.03. The van der Waals surface area contributed by atoms with Crippen LogP contribution in [0.4, 0.5) is 0 Å². The molecule has 1 heterocycles. The van der Waals surface area contributed by atoms with Crippen molar-refractivity contribution in [1.82, 2.24) is 4.98 Å². The number of aromatic nitrogens is 1. The van der Waals surface area contributed by atoms with E-state index in [-0.39, 0.29) is 0 Å². The van der Waals surface area contributed by atoms with Crippen molar-refractivity contribution in [2.45, 2.75) is 25.7 Å². The molecule has 0 amide bonds. The maximum atomic E-state index is 5.78. The minimum absolute atomic E-state index is 0.525. The van der Waals surface area contributed by atoms with Gasteiger partial charge in [-0.15, -0.1) is 0 Å². The molecule has 0 saturated heterocycles. The molecule has 2 heteroatoms. The Bertz CT molecular complexity index is 296. The van der Waals surface area contributed by atoms with Crippen molar-refractivity contribution in [2.75, 3.05) is 6.54 Å². The molecule has 70 valence electrons. The highest BCUT2D eigenvalue weighted by molar-refractivity contribution is 5.27. The van der Waals surface area contributed by atoms with Gasteiger partial charge in [0.2, 0.25) is 0 Å². The maximum absolute atomic E-state index is 5.78. The summed E-state index contributed by atoms with van der Waals surface area (Å²) in [4.78, 5) is 4.40. The van der Waals surface area contributed by atoms with E-state index in [1.54, 1.807) is 0 Å². The van der Waals surface area contributed by atoms with E-state index in [1.807, 2.05) is 12.3 Å². The number of hydrogen-bond donors (Lipinski definition) is 1. The second-order valence-electron chi connectivity index (χ2n) is 3.90. The van der Waals surface area contributed by atoms with Crippen LogP contribution < -0.4 is 5.73 Å². The summed E-state index contributed by atoms with van der Waals surface area (Å²) in [7, 11) is 0. The summed E-state index contributed by atoms with van der Waals surface area (Å²) in [5.74, 6) is 1.24. The van der Waals surface area contributed by atoms with Gasteiger partial charge in [0.15, 0.2) is 0 Å². The summed E-state index contributed by atoms with van der Waals surface area (Å²) in [6.07, 6.45) is 4.22. The molecule has 2 rings (SSSR count). The first kappa shape index (κ1) is 8.70. The van der Waals surface area contributed by atoms with Gasteiger partial charge in [0.05, 0.1) is 0 Å². The van der Waals surface area contributed by atoms with Crippen LogP contribution in [-0.2, 0) is 6.42 Å². The lowest BCUT2D eigenvalue weighted by atomic mass is 9.78. The molecule has 0 bridgehead atoms. The fraction of sp³-hybridized carbons (Fsp3) is 0.545. The number of nitrogens with two attached hydrogens (primary N) is 1. The molecule has 0 spiro atoms. The molecule has 1 aliphatic carbocycles. The monoisotopic (exact) mass is 176 g/mol. The fourth-order valence-electron chi connectivity index (χ4n) is 2.23. The summed E-state index contributed by atoms with van der Waals surface area (Å²) in [6, 6.07) is 4.19. The van der Waals surface area contributed by atoms with Gasteiger partial charge >= 0.3 is 0 Å². The Morgan fingerprint density at radius 1 is 1.62 bits per heavy atom. The van der Waals surface area contributed by atoms with Gasteiger partial charge in [0.25, 0.3) is 0 Å². The van der Waals surface area contributed by atoms with Gasteiger partial charge in [0.1, 0.15) is 0 Å². The van der Waals surface area contributed by atoms with Crippen LogP contribution in [0.3, 0.4) is 0 Å². The number of hydrogen-bond acceptors (Lipinski definition) is 2. The number of pyridine rings is 1. The number of nitrogens with zero attached hydrogens (tertiary/aromatic N) is 1. The second kappa shape index (κ2) is 3.46. The van der Waals surface area contributed by atoms with Gasteiger partial charge in [-0.3, -0.25) is 4.98 Å². The average molecular weight is 176 g/mol. The maximum Gasteiger partial charge on any atom is 0.0439 e. The van der Waals surface area contributed by atoms with Gasteiger partial charge in [-0.05, 0) is 36.9 Å². The topological polar surface area (TPSA) is 38.9 Å². The Balaban J connectivity index is 2.39. The average Bonchev–Trinajstić information content (AvgIpc) is 2.18. The first-order valence-corrected chi connectivity index (χ1v) is 4.96. The molecule has 0 aliphatic heterocycles. The Morgan fingerprint density at radius 2 is 2.46 bits per heavy atom. The van der Waals surface area contributed by atoms with Crippen LogP contribution in [0.5, 0.6) is 0 Å². The standard InChI is InChI=1S/C11H16N2/c1-8-4-5-11-9(10(8)7-12)3-2-6-13-11/h2-3,6,8,10H,4-5,7,12H2,1H3. The van der Waals surface area contributed by atoms with E-state index >= 15 is 0 Å². The zero-order chi connectivity index (χ0) is 9.26. The number of rotatable bonds is 1. The molecule has 13 heavy (non-hydrogen) atoms. The molecule has 2 nitrogen and oxygen atoms in total. The zero-order valence-electron chi connectivity index (χ0n) is 8.03. The number of aryl methyl sites for hydroxylation is 1. The third kappa shape index (κ3) is 1.46. The van der Waals surface area contributed by atoms with E-state index in [0.29, 0.717) is 11.8 Å². The van der Waals surface area contributed by atoms with Crippen molar-refractivity contribution in [1.29, 1.82) is 0 Å². The fourth-order valence-corrected chi connectivity index (χ4v) is 2.23. The lowest BCUT2D eigenvalue weighted by Crippen LogP contribution is -2.25.